The monoisotopic (exact) mass is 266 g/mol. The first-order valence-corrected chi connectivity index (χ1v) is 6.76. The van der Waals surface area contributed by atoms with Crippen molar-refractivity contribution in [1.29, 1.82) is 0 Å². The lowest BCUT2D eigenvalue weighted by Crippen LogP contribution is -2.50. The van der Waals surface area contributed by atoms with Crippen LogP contribution in [0.1, 0.15) is 40.0 Å². The average molecular weight is 266 g/mol. The van der Waals surface area contributed by atoms with Gasteiger partial charge in [-0.3, -0.25) is 9.59 Å². The number of allylic oxidation sites excluding steroid dienone is 2. The third kappa shape index (κ3) is 3.13. The van der Waals surface area contributed by atoms with Crippen LogP contribution in [0.4, 0.5) is 0 Å². The molecule has 0 bridgehead atoms. The van der Waals surface area contributed by atoms with Crippen molar-refractivity contribution in [3.05, 3.63) is 23.8 Å². The van der Waals surface area contributed by atoms with Crippen molar-refractivity contribution < 1.29 is 19.4 Å². The Hall–Kier alpha value is -1.42. The molecule has 0 aromatic rings. The Morgan fingerprint density at radius 1 is 1.37 bits per heavy atom. The third-order valence-corrected chi connectivity index (χ3v) is 3.31. The molecule has 1 aliphatic rings. The van der Waals surface area contributed by atoms with Crippen LogP contribution in [0.15, 0.2) is 23.8 Å². The summed E-state index contributed by atoms with van der Waals surface area (Å²) in [4.78, 5) is 24.2. The second-order valence-corrected chi connectivity index (χ2v) is 4.82. The van der Waals surface area contributed by atoms with Gasteiger partial charge in [0.05, 0.1) is 6.61 Å². The van der Waals surface area contributed by atoms with E-state index in [2.05, 4.69) is 0 Å². The van der Waals surface area contributed by atoms with Gasteiger partial charge in [0.2, 0.25) is 0 Å². The lowest BCUT2D eigenvalue weighted by Gasteiger charge is -2.34. The van der Waals surface area contributed by atoms with Gasteiger partial charge < -0.3 is 9.84 Å². The van der Waals surface area contributed by atoms with Crippen LogP contribution in [0.3, 0.4) is 0 Å². The molecule has 0 saturated carbocycles. The first-order chi connectivity index (χ1) is 8.98. The van der Waals surface area contributed by atoms with Crippen molar-refractivity contribution >= 4 is 11.8 Å². The molecular weight excluding hydrogens is 244 g/mol. The number of Topliss-reactive ketones (excluding diaryl/α,β-unsaturated/α-hetero) is 1. The summed E-state index contributed by atoms with van der Waals surface area (Å²) >= 11 is 0. The zero-order valence-corrected chi connectivity index (χ0v) is 11.8. The molecule has 0 aliphatic heterocycles. The minimum Gasteiger partial charge on any atom is -0.465 e. The highest BCUT2D eigenvalue weighted by Crippen LogP contribution is 2.34. The van der Waals surface area contributed by atoms with Gasteiger partial charge in [0.25, 0.3) is 0 Å². The van der Waals surface area contributed by atoms with E-state index in [1.807, 2.05) is 13.8 Å². The topological polar surface area (TPSA) is 63.6 Å². The molecule has 0 spiro atoms. The Kier molecular flexibility index (Phi) is 5.48. The molecule has 2 atom stereocenters. The van der Waals surface area contributed by atoms with Crippen LogP contribution in [0.25, 0.3) is 0 Å². The maximum Gasteiger partial charge on any atom is 0.316 e. The highest BCUT2D eigenvalue weighted by molar-refractivity contribution is 5.96. The highest BCUT2D eigenvalue weighted by Gasteiger charge is 2.48. The Morgan fingerprint density at radius 2 is 2.05 bits per heavy atom. The fraction of sp³-hybridized carbons (Fsp3) is 0.600. The molecule has 0 fully saturated rings. The van der Waals surface area contributed by atoms with Gasteiger partial charge in [0.15, 0.2) is 11.4 Å². The quantitative estimate of drug-likeness (QED) is 0.748. The summed E-state index contributed by atoms with van der Waals surface area (Å²) in [6.07, 6.45) is 6.47. The number of rotatable bonds is 6. The molecule has 0 heterocycles. The minimum atomic E-state index is -1.75. The van der Waals surface area contributed by atoms with Crippen LogP contribution in [0.5, 0.6) is 0 Å². The lowest BCUT2D eigenvalue weighted by molar-refractivity contribution is -0.159. The molecular formula is C15H22O4. The van der Waals surface area contributed by atoms with Crippen molar-refractivity contribution in [3.63, 3.8) is 0 Å². The molecule has 19 heavy (non-hydrogen) atoms. The largest absolute Gasteiger partial charge is 0.465 e. The number of ketones is 1. The molecule has 0 aromatic heterocycles. The summed E-state index contributed by atoms with van der Waals surface area (Å²) in [7, 11) is 0. The predicted octanol–water partition coefficient (Wildman–Crippen LogP) is 2.17. The number of ether oxygens (including phenoxy) is 1. The maximum atomic E-state index is 12.2. The number of carbonyl (C=O) groups excluding carboxylic acids is 2. The first kappa shape index (κ1) is 15.6. The zero-order chi connectivity index (χ0) is 14.5. The predicted molar refractivity (Wildman–Crippen MR) is 72.5 cm³/mol. The van der Waals surface area contributed by atoms with E-state index in [9.17, 15) is 14.7 Å². The summed E-state index contributed by atoms with van der Waals surface area (Å²) in [6, 6.07) is 0. The van der Waals surface area contributed by atoms with Gasteiger partial charge in [-0.1, -0.05) is 32.1 Å². The van der Waals surface area contributed by atoms with Gasteiger partial charge in [-0.25, -0.2) is 0 Å². The number of aliphatic hydroxyl groups is 1. The molecule has 0 amide bonds. The summed E-state index contributed by atoms with van der Waals surface area (Å²) in [5, 5.41) is 10.7. The van der Waals surface area contributed by atoms with Crippen LogP contribution in [-0.4, -0.2) is 29.1 Å². The maximum absolute atomic E-state index is 12.2. The van der Waals surface area contributed by atoms with E-state index in [1.54, 1.807) is 25.2 Å². The molecule has 1 aliphatic carbocycles. The van der Waals surface area contributed by atoms with E-state index in [0.29, 0.717) is 25.0 Å². The smallest absolute Gasteiger partial charge is 0.316 e. The number of hydrogen-bond acceptors (Lipinski definition) is 4. The van der Waals surface area contributed by atoms with Crippen molar-refractivity contribution in [1.82, 2.24) is 0 Å². The van der Waals surface area contributed by atoms with E-state index in [4.69, 9.17) is 4.74 Å². The van der Waals surface area contributed by atoms with Crippen molar-refractivity contribution in [2.24, 2.45) is 5.92 Å². The van der Waals surface area contributed by atoms with Gasteiger partial charge in [-0.15, -0.1) is 0 Å². The minimum absolute atomic E-state index is 0.243. The molecule has 1 rings (SSSR count). The van der Waals surface area contributed by atoms with E-state index < -0.39 is 17.5 Å². The van der Waals surface area contributed by atoms with E-state index >= 15 is 0 Å². The summed E-state index contributed by atoms with van der Waals surface area (Å²) in [5.74, 6) is -1.81. The van der Waals surface area contributed by atoms with E-state index in [-0.39, 0.29) is 12.2 Å². The molecule has 106 valence electrons. The Balaban J connectivity index is 3.00. The van der Waals surface area contributed by atoms with Crippen LogP contribution in [0, 0.1) is 5.92 Å². The normalized spacial score (nSPS) is 25.9. The molecule has 0 saturated heterocycles. The Morgan fingerprint density at radius 3 is 2.63 bits per heavy atom. The fourth-order valence-electron chi connectivity index (χ4n) is 2.18. The Bertz CT molecular complexity index is 408. The summed E-state index contributed by atoms with van der Waals surface area (Å²) < 4.78 is 5.07. The van der Waals surface area contributed by atoms with Gasteiger partial charge in [0, 0.05) is 6.42 Å². The average Bonchev–Trinajstić information content (AvgIpc) is 2.39. The van der Waals surface area contributed by atoms with Crippen LogP contribution < -0.4 is 0 Å². The molecule has 4 nitrogen and oxygen atoms in total. The van der Waals surface area contributed by atoms with E-state index in [1.165, 1.54) is 0 Å². The second kappa shape index (κ2) is 6.66. The SMILES string of the molecule is CCCOC(=O)C1C=CC=C(C)C1(O)C(=O)CCC. The molecule has 1 N–H and O–H groups in total. The third-order valence-electron chi connectivity index (χ3n) is 3.31. The van der Waals surface area contributed by atoms with Gasteiger partial charge in [0.1, 0.15) is 5.92 Å². The number of carbonyl (C=O) groups is 2. The molecule has 0 radical (unpaired) electrons. The highest BCUT2D eigenvalue weighted by atomic mass is 16.5. The number of esters is 1. The van der Waals surface area contributed by atoms with Gasteiger partial charge in [-0.05, 0) is 25.3 Å². The molecule has 4 heteroatoms. The first-order valence-electron chi connectivity index (χ1n) is 6.76. The van der Waals surface area contributed by atoms with Crippen LogP contribution in [-0.2, 0) is 14.3 Å². The van der Waals surface area contributed by atoms with Crippen LogP contribution in [0.2, 0.25) is 0 Å². The van der Waals surface area contributed by atoms with Crippen LogP contribution >= 0.6 is 0 Å². The van der Waals surface area contributed by atoms with Gasteiger partial charge >= 0.3 is 5.97 Å². The van der Waals surface area contributed by atoms with Gasteiger partial charge in [-0.2, -0.15) is 0 Å². The van der Waals surface area contributed by atoms with Crippen molar-refractivity contribution in [3.8, 4) is 0 Å². The second-order valence-electron chi connectivity index (χ2n) is 4.82. The standard InChI is InChI=1S/C15H22O4/c1-4-7-13(16)15(18)11(3)8-6-9-12(15)14(17)19-10-5-2/h6,8-9,12,18H,4-5,7,10H2,1-3H3. The molecule has 0 aromatic carbocycles. The summed E-state index contributed by atoms with van der Waals surface area (Å²) in [6.45, 7) is 5.72. The summed E-state index contributed by atoms with van der Waals surface area (Å²) in [5.41, 5.74) is -1.26. The lowest BCUT2D eigenvalue weighted by atomic mass is 9.74. The van der Waals surface area contributed by atoms with Crippen molar-refractivity contribution in [2.45, 2.75) is 45.6 Å². The zero-order valence-electron chi connectivity index (χ0n) is 11.8. The number of hydrogen-bond donors (Lipinski definition) is 1. The van der Waals surface area contributed by atoms with E-state index in [0.717, 1.165) is 0 Å². The Labute approximate surface area is 114 Å². The molecule has 2 unspecified atom stereocenters. The van der Waals surface area contributed by atoms with Crippen molar-refractivity contribution in [2.75, 3.05) is 6.61 Å². The fourth-order valence-corrected chi connectivity index (χ4v) is 2.18.